The molecule has 2 aliphatic heterocycles. The van der Waals surface area contributed by atoms with Crippen molar-refractivity contribution in [2.45, 2.75) is 56.7 Å². The average Bonchev–Trinajstić information content (AvgIpc) is 2.90. The molecule has 1 saturated carbocycles. The van der Waals surface area contributed by atoms with Crippen LogP contribution in [0.2, 0.25) is 0 Å². The topological polar surface area (TPSA) is 9.23 Å². The first-order chi connectivity index (χ1) is 8.13. The summed E-state index contributed by atoms with van der Waals surface area (Å²) in [7, 11) is 0. The highest BCUT2D eigenvalue weighted by molar-refractivity contribution is 5.51. The van der Waals surface area contributed by atoms with E-state index in [1.807, 2.05) is 0 Å². The van der Waals surface area contributed by atoms with Gasteiger partial charge in [0.25, 0.3) is 0 Å². The van der Waals surface area contributed by atoms with Crippen molar-refractivity contribution >= 4 is 0 Å². The van der Waals surface area contributed by atoms with Gasteiger partial charge in [-0.1, -0.05) is 18.2 Å². The van der Waals surface area contributed by atoms with Gasteiger partial charge in [-0.15, -0.1) is 0 Å². The van der Waals surface area contributed by atoms with Crippen LogP contribution in [-0.4, -0.2) is 11.2 Å². The van der Waals surface area contributed by atoms with E-state index < -0.39 is 0 Å². The van der Waals surface area contributed by atoms with Gasteiger partial charge >= 0.3 is 0 Å². The Hall–Kier alpha value is -0.820. The second kappa shape index (κ2) is 2.95. The highest BCUT2D eigenvalue weighted by Gasteiger charge is 2.54. The maximum Gasteiger partial charge on any atom is 0.110 e. The molecule has 0 aromatic rings. The molecule has 3 atom stereocenters. The molecule has 1 nitrogen and oxygen atoms in total. The van der Waals surface area contributed by atoms with Crippen molar-refractivity contribution in [2.24, 2.45) is 5.92 Å². The second-order valence-corrected chi connectivity index (χ2v) is 6.37. The lowest BCUT2D eigenvalue weighted by atomic mass is 9.82. The van der Waals surface area contributed by atoms with Crippen LogP contribution in [0.15, 0.2) is 35.5 Å². The van der Waals surface area contributed by atoms with E-state index in [2.05, 4.69) is 25.7 Å². The van der Waals surface area contributed by atoms with Gasteiger partial charge in [0, 0.05) is 0 Å². The third kappa shape index (κ3) is 1.14. The molecule has 1 heteroatoms. The van der Waals surface area contributed by atoms with Gasteiger partial charge in [-0.2, -0.15) is 0 Å². The van der Waals surface area contributed by atoms with Gasteiger partial charge in [0.2, 0.25) is 0 Å². The Bertz CT molecular complexity index is 470. The molecule has 4 rings (SSSR count). The van der Waals surface area contributed by atoms with Crippen LogP contribution in [0.5, 0.6) is 0 Å². The SMILES string of the molecule is C=C1CCC2=C1C1(C)C=C[C@]3(CCC[C@H]3C2)O1. The molecule has 90 valence electrons. The van der Waals surface area contributed by atoms with Gasteiger partial charge in [0.05, 0.1) is 5.60 Å². The summed E-state index contributed by atoms with van der Waals surface area (Å²) in [5, 5.41) is 0. The van der Waals surface area contributed by atoms with Crippen molar-refractivity contribution in [3.05, 3.63) is 35.5 Å². The molecule has 4 aliphatic rings. The Morgan fingerprint density at radius 2 is 2.24 bits per heavy atom. The lowest BCUT2D eigenvalue weighted by Crippen LogP contribution is -2.37. The van der Waals surface area contributed by atoms with Gasteiger partial charge in [-0.05, 0) is 68.6 Å². The van der Waals surface area contributed by atoms with Crippen LogP contribution in [0, 0.1) is 5.92 Å². The van der Waals surface area contributed by atoms with Gasteiger partial charge in [-0.3, -0.25) is 0 Å². The summed E-state index contributed by atoms with van der Waals surface area (Å²) in [6, 6.07) is 0. The number of rotatable bonds is 0. The molecule has 1 spiro atoms. The third-order valence-corrected chi connectivity index (χ3v) is 5.32. The van der Waals surface area contributed by atoms with Crippen molar-refractivity contribution < 1.29 is 4.74 Å². The normalized spacial score (nSPS) is 47.4. The Balaban J connectivity index is 1.89. The van der Waals surface area contributed by atoms with Gasteiger partial charge in [0.1, 0.15) is 5.60 Å². The molecule has 0 N–H and O–H groups in total. The Morgan fingerprint density at radius 1 is 1.35 bits per heavy atom. The molecule has 0 saturated heterocycles. The fourth-order valence-corrected chi connectivity index (χ4v) is 4.60. The van der Waals surface area contributed by atoms with Crippen molar-refractivity contribution in [2.75, 3.05) is 0 Å². The number of hydrogen-bond acceptors (Lipinski definition) is 1. The van der Waals surface area contributed by atoms with Gasteiger partial charge in [0.15, 0.2) is 0 Å². The summed E-state index contributed by atoms with van der Waals surface area (Å²) in [6.07, 6.45) is 12.2. The van der Waals surface area contributed by atoms with E-state index in [1.54, 1.807) is 5.57 Å². The molecule has 1 fully saturated rings. The minimum atomic E-state index is -0.165. The fraction of sp³-hybridized carbons (Fsp3) is 0.625. The van der Waals surface area contributed by atoms with E-state index in [4.69, 9.17) is 4.74 Å². The third-order valence-electron chi connectivity index (χ3n) is 5.32. The second-order valence-electron chi connectivity index (χ2n) is 6.37. The summed E-state index contributed by atoms with van der Waals surface area (Å²) < 4.78 is 6.58. The minimum absolute atomic E-state index is 0.0688. The monoisotopic (exact) mass is 228 g/mol. The molecule has 1 unspecified atom stereocenters. The van der Waals surface area contributed by atoms with E-state index in [0.717, 1.165) is 12.3 Å². The highest BCUT2D eigenvalue weighted by atomic mass is 16.5. The van der Waals surface area contributed by atoms with Gasteiger partial charge in [-0.25, -0.2) is 0 Å². The van der Waals surface area contributed by atoms with Crippen LogP contribution in [0.4, 0.5) is 0 Å². The standard InChI is InChI=1S/C16H20O/c1-11-5-6-12-10-13-4-3-7-16(13)9-8-15(2,17-16)14(11)12/h8-9,13H,1,3-7,10H2,2H3/t13-,15?,16-/m0/s1. The lowest BCUT2D eigenvalue weighted by Gasteiger charge is -2.33. The number of allylic oxidation sites excluding steroid dienone is 1. The highest BCUT2D eigenvalue weighted by Crippen LogP contribution is 2.57. The number of hydrogen-bond donors (Lipinski definition) is 0. The number of ether oxygens (including phenoxy) is 1. The van der Waals surface area contributed by atoms with Crippen molar-refractivity contribution in [3.8, 4) is 0 Å². The van der Waals surface area contributed by atoms with E-state index in [0.29, 0.717) is 0 Å². The summed E-state index contributed by atoms with van der Waals surface area (Å²) in [5.74, 6) is 0.721. The number of fused-ring (bicyclic) bond motifs is 2. The summed E-state index contributed by atoms with van der Waals surface area (Å²) in [6.45, 7) is 6.50. The van der Waals surface area contributed by atoms with E-state index in [-0.39, 0.29) is 11.2 Å². The quantitative estimate of drug-likeness (QED) is 0.571. The van der Waals surface area contributed by atoms with Gasteiger partial charge < -0.3 is 4.74 Å². The largest absolute Gasteiger partial charge is 0.356 e. The predicted octanol–water partition coefficient (Wildman–Crippen LogP) is 3.92. The average molecular weight is 228 g/mol. The van der Waals surface area contributed by atoms with E-state index in [1.165, 1.54) is 43.3 Å². The lowest BCUT2D eigenvalue weighted by molar-refractivity contribution is -0.0745. The molecule has 2 bridgehead atoms. The molecule has 17 heavy (non-hydrogen) atoms. The predicted molar refractivity (Wildman–Crippen MR) is 68.7 cm³/mol. The van der Waals surface area contributed by atoms with Crippen molar-refractivity contribution in [1.29, 1.82) is 0 Å². The molecular formula is C16H20O. The molecule has 0 aromatic heterocycles. The van der Waals surface area contributed by atoms with Crippen LogP contribution >= 0.6 is 0 Å². The zero-order chi connectivity index (χ0) is 11.7. The smallest absolute Gasteiger partial charge is 0.110 e. The first-order valence-corrected chi connectivity index (χ1v) is 6.94. The van der Waals surface area contributed by atoms with E-state index in [9.17, 15) is 0 Å². The van der Waals surface area contributed by atoms with E-state index >= 15 is 0 Å². The molecule has 0 aromatic carbocycles. The maximum atomic E-state index is 6.58. The molecular weight excluding hydrogens is 208 g/mol. The summed E-state index contributed by atoms with van der Waals surface area (Å²) in [5.41, 5.74) is 4.32. The van der Waals surface area contributed by atoms with Crippen LogP contribution < -0.4 is 0 Å². The maximum absolute atomic E-state index is 6.58. The molecule has 0 amide bonds. The van der Waals surface area contributed by atoms with Crippen LogP contribution in [0.3, 0.4) is 0 Å². The minimum Gasteiger partial charge on any atom is -0.356 e. The van der Waals surface area contributed by atoms with Crippen molar-refractivity contribution in [3.63, 3.8) is 0 Å². The molecule has 2 heterocycles. The Morgan fingerprint density at radius 3 is 3.12 bits per heavy atom. The van der Waals surface area contributed by atoms with Crippen molar-refractivity contribution in [1.82, 2.24) is 0 Å². The Kier molecular flexibility index (Phi) is 1.76. The van der Waals surface area contributed by atoms with Crippen LogP contribution in [0.25, 0.3) is 0 Å². The molecule has 0 radical (unpaired) electrons. The van der Waals surface area contributed by atoms with Crippen LogP contribution in [-0.2, 0) is 4.74 Å². The first kappa shape index (κ1) is 10.1. The van der Waals surface area contributed by atoms with Crippen LogP contribution in [0.1, 0.15) is 45.4 Å². The zero-order valence-electron chi connectivity index (χ0n) is 10.6. The fourth-order valence-electron chi connectivity index (χ4n) is 4.60. The Labute approximate surface area is 103 Å². The summed E-state index contributed by atoms with van der Waals surface area (Å²) >= 11 is 0. The summed E-state index contributed by atoms with van der Waals surface area (Å²) in [4.78, 5) is 0. The molecule has 2 aliphatic carbocycles. The first-order valence-electron chi connectivity index (χ1n) is 6.94. The zero-order valence-corrected chi connectivity index (χ0v) is 10.6.